The van der Waals surface area contributed by atoms with Gasteiger partial charge in [0.15, 0.2) is 0 Å². The molecule has 198 valence electrons. The van der Waals surface area contributed by atoms with Crippen molar-refractivity contribution < 1.29 is 81.7 Å². The Morgan fingerprint density at radius 1 is 0.515 bits per heavy atom. The minimum absolute atomic E-state index is 0. The molecule has 0 aliphatic heterocycles. The number of carboxylic acid groups (broad SMARTS) is 4. The van der Waals surface area contributed by atoms with Crippen molar-refractivity contribution in [2.75, 3.05) is 0 Å². The van der Waals surface area contributed by atoms with E-state index < -0.39 is 43.1 Å². The molecule has 2 saturated carbocycles. The van der Waals surface area contributed by atoms with Gasteiger partial charge in [0.2, 0.25) is 0 Å². The van der Waals surface area contributed by atoms with Crippen LogP contribution in [0.4, 0.5) is 0 Å². The van der Waals surface area contributed by atoms with Gasteiger partial charge in [0.25, 0.3) is 0 Å². The number of aliphatic carboxylic acids is 4. The average Bonchev–Trinajstić information content (AvgIpc) is 2.60. The van der Waals surface area contributed by atoms with Gasteiger partial charge in [-0.15, -0.1) is 0 Å². The van der Waals surface area contributed by atoms with Crippen molar-refractivity contribution in [1.82, 2.24) is 0 Å². The SMILES string of the molecule is NC1(N)CCCCC1.NC1(N)CCCCC1.O=C([O-])CC(=O)[O-].O=C([O-])CCC(=O)[O-].[Pt+2].[Pt+2]. The van der Waals surface area contributed by atoms with Crippen molar-refractivity contribution in [2.24, 2.45) is 22.9 Å². The molecule has 2 aliphatic carbocycles. The largest absolute Gasteiger partial charge is 2.00 e. The van der Waals surface area contributed by atoms with Crippen LogP contribution in [0.3, 0.4) is 0 Å². The van der Waals surface area contributed by atoms with Crippen LogP contribution in [-0.4, -0.2) is 35.2 Å². The summed E-state index contributed by atoms with van der Waals surface area (Å²) in [4.78, 5) is 37.6. The van der Waals surface area contributed by atoms with Crippen molar-refractivity contribution in [2.45, 2.75) is 94.8 Å². The van der Waals surface area contributed by atoms with Crippen LogP contribution in [0, 0.1) is 0 Å². The molecule has 0 atom stereocenters. The van der Waals surface area contributed by atoms with E-state index in [2.05, 4.69) is 0 Å². The number of carbonyl (C=O) groups is 4. The van der Waals surface area contributed by atoms with E-state index >= 15 is 0 Å². The maximum absolute atomic E-state index is 9.50. The topological polar surface area (TPSA) is 265 Å². The molecule has 0 bridgehead atoms. The molecule has 0 heterocycles. The Balaban J connectivity index is -0.000000167. The average molecular weight is 837 g/mol. The minimum atomic E-state index is -1.63. The van der Waals surface area contributed by atoms with E-state index in [1.54, 1.807) is 0 Å². The Labute approximate surface area is 222 Å². The molecule has 2 aliphatic rings. The molecule has 0 amide bonds. The molecule has 0 aromatic heterocycles. The van der Waals surface area contributed by atoms with Gasteiger partial charge in [0.05, 0.1) is 11.3 Å². The van der Waals surface area contributed by atoms with Crippen molar-refractivity contribution >= 4 is 23.9 Å². The molecule has 2 fully saturated rings. The number of hydrogen-bond acceptors (Lipinski definition) is 12. The van der Waals surface area contributed by atoms with E-state index in [0.717, 1.165) is 25.7 Å². The smallest absolute Gasteiger partial charge is 0.550 e. The van der Waals surface area contributed by atoms with Crippen LogP contribution < -0.4 is 43.4 Å². The van der Waals surface area contributed by atoms with Crippen molar-refractivity contribution in [1.29, 1.82) is 0 Å². The van der Waals surface area contributed by atoms with Gasteiger partial charge in [-0.3, -0.25) is 0 Å². The fourth-order valence-electron chi connectivity index (χ4n) is 2.74. The Bertz CT molecular complexity index is 514. The first kappa shape index (κ1) is 39.3. The molecular weight excluding hydrogens is 802 g/mol. The summed E-state index contributed by atoms with van der Waals surface area (Å²) in [6.45, 7) is 0. The third-order valence-electron chi connectivity index (χ3n) is 4.39. The zero-order valence-corrected chi connectivity index (χ0v) is 22.9. The second kappa shape index (κ2) is 21.6. The first-order chi connectivity index (χ1) is 14.2. The van der Waals surface area contributed by atoms with Gasteiger partial charge in [-0.25, -0.2) is 0 Å². The fraction of sp³-hybridized carbons (Fsp3) is 0.789. The summed E-state index contributed by atoms with van der Waals surface area (Å²) in [6, 6.07) is 0. The first-order valence-electron chi connectivity index (χ1n) is 10.1. The number of nitrogens with two attached hydrogens (primary N) is 4. The van der Waals surface area contributed by atoms with Gasteiger partial charge >= 0.3 is 42.1 Å². The molecule has 2 rings (SSSR count). The standard InChI is InChI=1S/2C6H14N2.C4H6O4.C3H4O4.2Pt/c2*7-6(8)4-2-1-3-5-6;5-3(6)1-2-4(7)8;4-2(5)1-3(6)7;;/h2*1-5,7-8H2;1-2H2,(H,5,6)(H,7,8);1H2,(H,4,5)(H,6,7);;/q;;;;2*+2/p-4. The van der Waals surface area contributed by atoms with Gasteiger partial charge in [-0.1, -0.05) is 38.5 Å². The van der Waals surface area contributed by atoms with E-state index in [9.17, 15) is 39.6 Å². The van der Waals surface area contributed by atoms with Crippen molar-refractivity contribution in [3.63, 3.8) is 0 Å². The normalized spacial score (nSPS) is 17.2. The Morgan fingerprint density at radius 2 is 0.758 bits per heavy atom. The molecular formula is C19H34N4O8Pt2. The molecule has 8 N–H and O–H groups in total. The summed E-state index contributed by atoms with van der Waals surface area (Å²) < 4.78 is 0. The summed E-state index contributed by atoms with van der Waals surface area (Å²) in [5, 5.41) is 37.6. The van der Waals surface area contributed by atoms with Crippen molar-refractivity contribution in [3.8, 4) is 0 Å². The zero-order valence-electron chi connectivity index (χ0n) is 18.4. The molecule has 0 saturated heterocycles. The second-order valence-corrected chi connectivity index (χ2v) is 7.75. The summed E-state index contributed by atoms with van der Waals surface area (Å²) in [6.07, 6.45) is 9.55. The van der Waals surface area contributed by atoms with Crippen LogP contribution >= 0.6 is 0 Å². The monoisotopic (exact) mass is 836 g/mol. The van der Waals surface area contributed by atoms with Crippen LogP contribution in [0.15, 0.2) is 0 Å². The Hall–Kier alpha value is -0.903. The summed E-state index contributed by atoms with van der Waals surface area (Å²) in [7, 11) is 0. The van der Waals surface area contributed by atoms with Gasteiger partial charge in [-0.2, -0.15) is 0 Å². The zero-order chi connectivity index (χ0) is 24.5. The molecule has 12 nitrogen and oxygen atoms in total. The predicted octanol–water partition coefficient (Wildman–Crippen LogP) is -4.73. The molecule has 0 aromatic carbocycles. The third kappa shape index (κ3) is 33.3. The van der Waals surface area contributed by atoms with Crippen LogP contribution in [0.2, 0.25) is 0 Å². The number of rotatable bonds is 5. The van der Waals surface area contributed by atoms with Crippen LogP contribution in [-0.2, 0) is 61.3 Å². The fourth-order valence-corrected chi connectivity index (χ4v) is 2.74. The summed E-state index contributed by atoms with van der Waals surface area (Å²) >= 11 is 0. The van der Waals surface area contributed by atoms with Crippen LogP contribution in [0.5, 0.6) is 0 Å². The van der Waals surface area contributed by atoms with E-state index in [1.165, 1.54) is 38.5 Å². The van der Waals surface area contributed by atoms with Crippen molar-refractivity contribution in [3.05, 3.63) is 0 Å². The number of hydrogen-bond donors (Lipinski definition) is 4. The predicted molar refractivity (Wildman–Crippen MR) is 102 cm³/mol. The summed E-state index contributed by atoms with van der Waals surface area (Å²) in [5.74, 6) is -5.98. The van der Waals surface area contributed by atoms with Crippen LogP contribution in [0.1, 0.15) is 83.5 Å². The maximum Gasteiger partial charge on any atom is 2.00 e. The van der Waals surface area contributed by atoms with Gasteiger partial charge in [0, 0.05) is 30.3 Å². The molecule has 0 radical (unpaired) electrons. The van der Waals surface area contributed by atoms with Gasteiger partial charge in [-0.05, 0) is 38.5 Å². The van der Waals surface area contributed by atoms with E-state index in [-0.39, 0.29) is 53.5 Å². The van der Waals surface area contributed by atoms with E-state index in [1.807, 2.05) is 0 Å². The van der Waals surface area contributed by atoms with Gasteiger partial charge in [0.1, 0.15) is 0 Å². The second-order valence-electron chi connectivity index (χ2n) is 7.75. The summed E-state index contributed by atoms with van der Waals surface area (Å²) in [5.41, 5.74) is 22.0. The number of carbonyl (C=O) groups excluding carboxylic acids is 4. The molecule has 0 aromatic rings. The Kier molecular flexibility index (Phi) is 25.8. The van der Waals surface area contributed by atoms with Gasteiger partial charge < -0.3 is 62.5 Å². The van der Waals surface area contributed by atoms with E-state index in [4.69, 9.17) is 22.9 Å². The molecule has 0 unspecified atom stereocenters. The minimum Gasteiger partial charge on any atom is -0.550 e. The van der Waals surface area contributed by atoms with Crippen LogP contribution in [0.25, 0.3) is 0 Å². The molecule has 0 spiro atoms. The maximum atomic E-state index is 9.50. The molecule has 33 heavy (non-hydrogen) atoms. The quantitative estimate of drug-likeness (QED) is 0.150. The Morgan fingerprint density at radius 3 is 0.848 bits per heavy atom. The number of carboxylic acids is 4. The molecule has 14 heteroatoms. The van der Waals surface area contributed by atoms with E-state index in [0.29, 0.717) is 0 Å². The first-order valence-corrected chi connectivity index (χ1v) is 10.1. The third-order valence-corrected chi connectivity index (χ3v) is 4.39.